The fourth-order valence-corrected chi connectivity index (χ4v) is 2.29. The number of aromatic amines is 1. The fraction of sp³-hybridized carbons (Fsp3) is 0.143. The molecule has 3 nitrogen and oxygen atoms in total. The van der Waals surface area contributed by atoms with Gasteiger partial charge in [0.05, 0.1) is 17.8 Å². The maximum absolute atomic E-state index is 6.32. The number of para-hydroxylation sites is 1. The maximum atomic E-state index is 6.32. The van der Waals surface area contributed by atoms with Gasteiger partial charge in [-0.1, -0.05) is 29.8 Å². The Kier molecular flexibility index (Phi) is 3.09. The van der Waals surface area contributed by atoms with Gasteiger partial charge in [-0.2, -0.15) is 0 Å². The van der Waals surface area contributed by atoms with Crippen LogP contribution in [0.5, 0.6) is 0 Å². The average Bonchev–Trinajstić information content (AvgIpc) is 3.00. The molecule has 0 radical (unpaired) electrons. The smallest absolute Gasteiger partial charge is 0.117 e. The highest BCUT2D eigenvalue weighted by molar-refractivity contribution is 6.36. The van der Waals surface area contributed by atoms with E-state index in [0.29, 0.717) is 13.1 Å². The van der Waals surface area contributed by atoms with E-state index in [0.717, 1.165) is 27.4 Å². The zero-order valence-electron chi connectivity index (χ0n) is 9.74. The second-order valence-corrected chi connectivity index (χ2v) is 4.52. The lowest BCUT2D eigenvalue weighted by molar-refractivity contribution is 0.482. The first-order valence-corrected chi connectivity index (χ1v) is 6.20. The summed E-state index contributed by atoms with van der Waals surface area (Å²) in [7, 11) is 0. The highest BCUT2D eigenvalue weighted by atomic mass is 35.5. The number of hydrogen-bond acceptors (Lipinski definition) is 2. The lowest BCUT2D eigenvalue weighted by Gasteiger charge is -2.01. The first-order valence-electron chi connectivity index (χ1n) is 5.83. The van der Waals surface area contributed by atoms with Gasteiger partial charge in [0.15, 0.2) is 0 Å². The highest BCUT2D eigenvalue weighted by Crippen LogP contribution is 2.26. The minimum absolute atomic E-state index is 0.689. The number of halogens is 1. The summed E-state index contributed by atoms with van der Waals surface area (Å²) in [6.45, 7) is 1.38. The SMILES string of the molecule is Clc1c(CNCc2ccco2)[nH]c2ccccc12. The second-order valence-electron chi connectivity index (χ2n) is 4.15. The largest absolute Gasteiger partial charge is 0.468 e. The van der Waals surface area contributed by atoms with Gasteiger partial charge in [-0.05, 0) is 18.2 Å². The molecule has 0 amide bonds. The van der Waals surface area contributed by atoms with Gasteiger partial charge in [-0.15, -0.1) is 0 Å². The summed E-state index contributed by atoms with van der Waals surface area (Å²) < 4.78 is 5.25. The van der Waals surface area contributed by atoms with Gasteiger partial charge in [-0.25, -0.2) is 0 Å². The van der Waals surface area contributed by atoms with Crippen molar-refractivity contribution in [1.29, 1.82) is 0 Å². The molecule has 92 valence electrons. The van der Waals surface area contributed by atoms with Crippen LogP contribution in [-0.2, 0) is 13.1 Å². The normalized spacial score (nSPS) is 11.2. The molecule has 3 aromatic rings. The van der Waals surface area contributed by atoms with Crippen LogP contribution in [0.4, 0.5) is 0 Å². The minimum atomic E-state index is 0.689. The van der Waals surface area contributed by atoms with Crippen molar-refractivity contribution in [3.63, 3.8) is 0 Å². The van der Waals surface area contributed by atoms with Crippen LogP contribution in [-0.4, -0.2) is 4.98 Å². The third-order valence-corrected chi connectivity index (χ3v) is 3.33. The van der Waals surface area contributed by atoms with Crippen LogP contribution in [0, 0.1) is 0 Å². The Morgan fingerprint density at radius 2 is 2.00 bits per heavy atom. The summed E-state index contributed by atoms with van der Waals surface area (Å²) in [6.07, 6.45) is 1.67. The number of aromatic nitrogens is 1. The monoisotopic (exact) mass is 260 g/mol. The van der Waals surface area contributed by atoms with E-state index in [1.807, 2.05) is 36.4 Å². The predicted octanol–water partition coefficient (Wildman–Crippen LogP) is 3.70. The molecule has 0 spiro atoms. The number of hydrogen-bond donors (Lipinski definition) is 2. The molecule has 0 bridgehead atoms. The quantitative estimate of drug-likeness (QED) is 0.751. The van der Waals surface area contributed by atoms with E-state index in [1.165, 1.54) is 0 Å². The average molecular weight is 261 g/mol. The van der Waals surface area contributed by atoms with Crippen LogP contribution in [0.1, 0.15) is 11.5 Å². The third-order valence-electron chi connectivity index (χ3n) is 2.90. The molecule has 0 saturated heterocycles. The molecule has 0 aliphatic rings. The molecule has 4 heteroatoms. The van der Waals surface area contributed by atoms with E-state index < -0.39 is 0 Å². The van der Waals surface area contributed by atoms with Crippen LogP contribution in [0.3, 0.4) is 0 Å². The molecule has 0 atom stereocenters. The summed E-state index contributed by atoms with van der Waals surface area (Å²) in [6, 6.07) is 11.9. The van der Waals surface area contributed by atoms with Gasteiger partial charge in [0.1, 0.15) is 5.76 Å². The molecule has 2 N–H and O–H groups in total. The highest BCUT2D eigenvalue weighted by Gasteiger charge is 2.08. The predicted molar refractivity (Wildman–Crippen MR) is 72.6 cm³/mol. The van der Waals surface area contributed by atoms with E-state index >= 15 is 0 Å². The van der Waals surface area contributed by atoms with E-state index in [1.54, 1.807) is 6.26 Å². The Balaban J connectivity index is 1.73. The van der Waals surface area contributed by atoms with Gasteiger partial charge in [0, 0.05) is 23.1 Å². The Hall–Kier alpha value is -1.71. The van der Waals surface area contributed by atoms with Crippen molar-refractivity contribution in [2.24, 2.45) is 0 Å². The van der Waals surface area contributed by atoms with Crippen LogP contribution in [0.2, 0.25) is 5.02 Å². The van der Waals surface area contributed by atoms with Crippen LogP contribution < -0.4 is 5.32 Å². The molecule has 0 fully saturated rings. The molecule has 0 unspecified atom stereocenters. The summed E-state index contributed by atoms with van der Waals surface area (Å²) in [4.78, 5) is 3.32. The van der Waals surface area contributed by atoms with Crippen LogP contribution in [0.25, 0.3) is 10.9 Å². The zero-order valence-corrected chi connectivity index (χ0v) is 10.5. The number of nitrogens with one attached hydrogen (secondary N) is 2. The molecule has 2 aromatic heterocycles. The van der Waals surface area contributed by atoms with Gasteiger partial charge < -0.3 is 14.7 Å². The van der Waals surface area contributed by atoms with Crippen LogP contribution >= 0.6 is 11.6 Å². The molecular formula is C14H13ClN2O. The Morgan fingerprint density at radius 3 is 2.78 bits per heavy atom. The van der Waals surface area contributed by atoms with Gasteiger partial charge in [0.25, 0.3) is 0 Å². The molecule has 0 aliphatic heterocycles. The second kappa shape index (κ2) is 4.88. The van der Waals surface area contributed by atoms with Gasteiger partial charge >= 0.3 is 0 Å². The van der Waals surface area contributed by atoms with Crippen molar-refractivity contribution < 1.29 is 4.42 Å². The number of H-pyrrole nitrogens is 1. The van der Waals surface area contributed by atoms with Crippen molar-refractivity contribution in [2.75, 3.05) is 0 Å². The number of fused-ring (bicyclic) bond motifs is 1. The summed E-state index contributed by atoms with van der Waals surface area (Å²) >= 11 is 6.32. The minimum Gasteiger partial charge on any atom is -0.468 e. The van der Waals surface area contributed by atoms with Crippen molar-refractivity contribution >= 4 is 22.5 Å². The fourth-order valence-electron chi connectivity index (χ4n) is 2.01. The lowest BCUT2D eigenvalue weighted by Crippen LogP contribution is -2.12. The lowest BCUT2D eigenvalue weighted by atomic mass is 10.2. The van der Waals surface area contributed by atoms with Gasteiger partial charge in [0.2, 0.25) is 0 Å². The molecular weight excluding hydrogens is 248 g/mol. The standard InChI is InChI=1S/C14H13ClN2O/c15-14-11-5-1-2-6-12(11)17-13(14)9-16-8-10-4-3-7-18-10/h1-7,16-17H,8-9H2. The van der Waals surface area contributed by atoms with E-state index in [2.05, 4.69) is 10.3 Å². The van der Waals surface area contributed by atoms with Crippen molar-refractivity contribution in [1.82, 2.24) is 10.3 Å². The van der Waals surface area contributed by atoms with Crippen molar-refractivity contribution in [3.8, 4) is 0 Å². The molecule has 0 aliphatic carbocycles. The Bertz CT molecular complexity index is 643. The summed E-state index contributed by atoms with van der Waals surface area (Å²) in [5.74, 6) is 0.919. The molecule has 0 saturated carbocycles. The summed E-state index contributed by atoms with van der Waals surface area (Å²) in [5, 5.41) is 5.15. The number of benzene rings is 1. The molecule has 2 heterocycles. The van der Waals surface area contributed by atoms with Crippen molar-refractivity contribution in [3.05, 3.63) is 59.1 Å². The Labute approximate surface area is 110 Å². The van der Waals surface area contributed by atoms with Gasteiger partial charge in [-0.3, -0.25) is 0 Å². The van der Waals surface area contributed by atoms with E-state index in [9.17, 15) is 0 Å². The third kappa shape index (κ3) is 2.15. The van der Waals surface area contributed by atoms with Crippen LogP contribution in [0.15, 0.2) is 47.1 Å². The maximum Gasteiger partial charge on any atom is 0.117 e. The molecule has 3 rings (SSSR count). The molecule has 18 heavy (non-hydrogen) atoms. The first-order chi connectivity index (χ1) is 8.84. The van der Waals surface area contributed by atoms with E-state index in [-0.39, 0.29) is 0 Å². The molecule has 1 aromatic carbocycles. The zero-order chi connectivity index (χ0) is 12.4. The van der Waals surface area contributed by atoms with Crippen molar-refractivity contribution in [2.45, 2.75) is 13.1 Å². The number of rotatable bonds is 4. The summed E-state index contributed by atoms with van der Waals surface area (Å²) in [5.41, 5.74) is 2.07. The Morgan fingerprint density at radius 1 is 1.11 bits per heavy atom. The van der Waals surface area contributed by atoms with E-state index in [4.69, 9.17) is 16.0 Å². The number of furan rings is 1. The topological polar surface area (TPSA) is 41.0 Å². The first kappa shape index (κ1) is 11.4.